The van der Waals surface area contributed by atoms with E-state index in [-0.39, 0.29) is 5.91 Å². The number of hydrogen-bond acceptors (Lipinski definition) is 3. The van der Waals surface area contributed by atoms with Gasteiger partial charge in [-0.25, -0.2) is 0 Å². The van der Waals surface area contributed by atoms with Crippen LogP contribution in [0.25, 0.3) is 0 Å². The highest BCUT2D eigenvalue weighted by molar-refractivity contribution is 9.10. The van der Waals surface area contributed by atoms with Crippen LogP contribution in [0.5, 0.6) is 0 Å². The lowest BCUT2D eigenvalue weighted by molar-refractivity contribution is 0.0462. The average molecular weight is 355 g/mol. The van der Waals surface area contributed by atoms with E-state index in [9.17, 15) is 4.79 Å². The minimum atomic E-state index is 0.0184. The first kappa shape index (κ1) is 15.1. The number of likely N-dealkylation sites (tertiary alicyclic amines) is 2. The lowest BCUT2D eigenvalue weighted by atomic mass is 10.0. The second kappa shape index (κ2) is 6.13. The molecule has 0 aromatic carbocycles. The largest absolute Gasteiger partial charge is 0.444 e. The van der Waals surface area contributed by atoms with Crippen molar-refractivity contribution in [2.45, 2.75) is 57.7 Å². The Labute approximate surface area is 134 Å². The molecule has 116 valence electrons. The highest BCUT2D eigenvalue weighted by Crippen LogP contribution is 2.30. The van der Waals surface area contributed by atoms with Crippen LogP contribution in [0.3, 0.4) is 0 Å². The van der Waals surface area contributed by atoms with Crippen molar-refractivity contribution < 1.29 is 9.21 Å². The van der Waals surface area contributed by atoms with Crippen LogP contribution in [-0.4, -0.2) is 46.9 Å². The summed E-state index contributed by atoms with van der Waals surface area (Å²) in [5.74, 6) is 0.454. The normalized spacial score (nSPS) is 30.8. The third-order valence-corrected chi connectivity index (χ3v) is 5.34. The van der Waals surface area contributed by atoms with Crippen molar-refractivity contribution in [3.63, 3.8) is 0 Å². The van der Waals surface area contributed by atoms with Crippen LogP contribution < -0.4 is 0 Å². The van der Waals surface area contributed by atoms with E-state index in [2.05, 4.69) is 34.7 Å². The Morgan fingerprint density at radius 3 is 2.57 bits per heavy atom. The SMILES string of the molecule is C[C@@H]1CC[C@@H](C)N1[C@H]1CCCN(C(=O)c2ccc(Br)o2)C1. The number of amides is 1. The first-order valence-corrected chi connectivity index (χ1v) is 8.67. The summed E-state index contributed by atoms with van der Waals surface area (Å²) in [6.07, 6.45) is 4.82. The molecular weight excluding hydrogens is 332 g/mol. The van der Waals surface area contributed by atoms with E-state index in [1.165, 1.54) is 19.3 Å². The lowest BCUT2D eigenvalue weighted by Crippen LogP contribution is -2.52. The van der Waals surface area contributed by atoms with Crippen molar-refractivity contribution in [2.75, 3.05) is 13.1 Å². The molecule has 3 rings (SSSR count). The van der Waals surface area contributed by atoms with Crippen LogP contribution in [-0.2, 0) is 0 Å². The van der Waals surface area contributed by atoms with Gasteiger partial charge in [-0.2, -0.15) is 0 Å². The number of rotatable bonds is 2. The van der Waals surface area contributed by atoms with E-state index in [0.29, 0.717) is 28.6 Å². The molecule has 0 radical (unpaired) electrons. The standard InChI is InChI=1S/C16H23BrN2O2/c1-11-5-6-12(2)19(11)13-4-3-9-18(10-13)16(20)14-7-8-15(17)21-14/h7-8,11-13H,3-6,9-10H2,1-2H3/t11-,12-,13+/m1/s1. The highest BCUT2D eigenvalue weighted by Gasteiger charge is 2.36. The van der Waals surface area contributed by atoms with Crippen molar-refractivity contribution >= 4 is 21.8 Å². The molecule has 2 fully saturated rings. The summed E-state index contributed by atoms with van der Waals surface area (Å²) < 4.78 is 6.03. The second-order valence-electron chi connectivity index (χ2n) is 6.37. The molecular formula is C16H23BrN2O2. The Kier molecular flexibility index (Phi) is 4.41. The molecule has 2 aliphatic rings. The molecule has 3 heterocycles. The van der Waals surface area contributed by atoms with Gasteiger partial charge in [0.1, 0.15) is 0 Å². The molecule has 3 atom stereocenters. The highest BCUT2D eigenvalue weighted by atomic mass is 79.9. The van der Waals surface area contributed by atoms with Gasteiger partial charge >= 0.3 is 0 Å². The van der Waals surface area contributed by atoms with Gasteiger partial charge in [-0.15, -0.1) is 0 Å². The molecule has 0 aliphatic carbocycles. The molecule has 2 aliphatic heterocycles. The third-order valence-electron chi connectivity index (χ3n) is 4.91. The fourth-order valence-corrected chi connectivity index (χ4v) is 4.21. The third kappa shape index (κ3) is 3.04. The summed E-state index contributed by atoms with van der Waals surface area (Å²) in [6, 6.07) is 5.29. The molecule has 1 amide bonds. The van der Waals surface area contributed by atoms with Crippen LogP contribution in [0.2, 0.25) is 0 Å². The van der Waals surface area contributed by atoms with Crippen LogP contribution in [0.4, 0.5) is 0 Å². The first-order valence-electron chi connectivity index (χ1n) is 7.88. The quantitative estimate of drug-likeness (QED) is 0.815. The number of piperidine rings is 1. The molecule has 0 saturated carbocycles. The average Bonchev–Trinajstić information content (AvgIpc) is 3.04. The van der Waals surface area contributed by atoms with Gasteiger partial charge in [-0.05, 0) is 67.6 Å². The maximum absolute atomic E-state index is 12.5. The molecule has 1 aromatic heterocycles. The number of carbonyl (C=O) groups is 1. The topological polar surface area (TPSA) is 36.7 Å². The Hall–Kier alpha value is -0.810. The van der Waals surface area contributed by atoms with Gasteiger partial charge in [-0.1, -0.05) is 0 Å². The zero-order valence-corrected chi connectivity index (χ0v) is 14.3. The van der Waals surface area contributed by atoms with E-state index < -0.39 is 0 Å². The van der Waals surface area contributed by atoms with Crippen LogP contribution >= 0.6 is 15.9 Å². The van der Waals surface area contributed by atoms with E-state index in [0.717, 1.165) is 19.5 Å². The number of hydrogen-bond donors (Lipinski definition) is 0. The zero-order valence-electron chi connectivity index (χ0n) is 12.7. The molecule has 0 bridgehead atoms. The molecule has 1 aromatic rings. The zero-order chi connectivity index (χ0) is 15.0. The van der Waals surface area contributed by atoms with E-state index in [4.69, 9.17) is 4.42 Å². The molecule has 4 nitrogen and oxygen atoms in total. The number of halogens is 1. The van der Waals surface area contributed by atoms with Crippen molar-refractivity contribution in [3.8, 4) is 0 Å². The van der Waals surface area contributed by atoms with Crippen molar-refractivity contribution in [1.82, 2.24) is 9.80 Å². The van der Waals surface area contributed by atoms with E-state index >= 15 is 0 Å². The van der Waals surface area contributed by atoms with Gasteiger partial charge in [0.25, 0.3) is 5.91 Å². The monoisotopic (exact) mass is 354 g/mol. The van der Waals surface area contributed by atoms with Crippen LogP contribution in [0.1, 0.15) is 50.1 Å². The molecule has 21 heavy (non-hydrogen) atoms. The number of nitrogens with zero attached hydrogens (tertiary/aromatic N) is 2. The molecule has 2 saturated heterocycles. The van der Waals surface area contributed by atoms with E-state index in [1.54, 1.807) is 12.1 Å². The first-order chi connectivity index (χ1) is 10.1. The fourth-order valence-electron chi connectivity index (χ4n) is 3.90. The second-order valence-corrected chi connectivity index (χ2v) is 7.16. The summed E-state index contributed by atoms with van der Waals surface area (Å²) in [5.41, 5.74) is 0. The minimum Gasteiger partial charge on any atom is -0.444 e. The Morgan fingerprint density at radius 1 is 1.24 bits per heavy atom. The minimum absolute atomic E-state index is 0.0184. The number of furan rings is 1. The van der Waals surface area contributed by atoms with Crippen molar-refractivity contribution in [3.05, 3.63) is 22.6 Å². The van der Waals surface area contributed by atoms with Gasteiger partial charge in [0, 0.05) is 31.2 Å². The summed E-state index contributed by atoms with van der Waals surface area (Å²) >= 11 is 3.26. The maximum Gasteiger partial charge on any atom is 0.289 e. The van der Waals surface area contributed by atoms with Gasteiger partial charge in [-0.3, -0.25) is 9.69 Å². The van der Waals surface area contributed by atoms with Gasteiger partial charge in [0.2, 0.25) is 0 Å². The van der Waals surface area contributed by atoms with E-state index in [1.807, 2.05) is 4.90 Å². The lowest BCUT2D eigenvalue weighted by Gasteiger charge is -2.41. The Morgan fingerprint density at radius 2 is 1.95 bits per heavy atom. The smallest absolute Gasteiger partial charge is 0.289 e. The van der Waals surface area contributed by atoms with Crippen LogP contribution in [0, 0.1) is 0 Å². The molecule has 0 unspecified atom stereocenters. The predicted octanol–water partition coefficient (Wildman–Crippen LogP) is 3.52. The van der Waals surface area contributed by atoms with Gasteiger partial charge in [0.15, 0.2) is 10.4 Å². The molecule has 0 N–H and O–H groups in total. The summed E-state index contributed by atoms with van der Waals surface area (Å²) in [4.78, 5) is 17.1. The Balaban J connectivity index is 1.69. The summed E-state index contributed by atoms with van der Waals surface area (Å²) in [7, 11) is 0. The molecule has 5 heteroatoms. The van der Waals surface area contributed by atoms with Crippen molar-refractivity contribution in [1.29, 1.82) is 0 Å². The summed E-state index contributed by atoms with van der Waals surface area (Å²) in [5, 5.41) is 0. The maximum atomic E-state index is 12.5. The van der Waals surface area contributed by atoms with Crippen molar-refractivity contribution in [2.24, 2.45) is 0 Å². The fraction of sp³-hybridized carbons (Fsp3) is 0.688. The Bertz CT molecular complexity index is 506. The molecule has 0 spiro atoms. The predicted molar refractivity (Wildman–Crippen MR) is 85.3 cm³/mol. The number of carbonyl (C=O) groups excluding carboxylic acids is 1. The van der Waals surface area contributed by atoms with Gasteiger partial charge < -0.3 is 9.32 Å². The summed E-state index contributed by atoms with van der Waals surface area (Å²) in [6.45, 7) is 6.29. The van der Waals surface area contributed by atoms with Gasteiger partial charge in [0.05, 0.1) is 0 Å². The van der Waals surface area contributed by atoms with Crippen LogP contribution in [0.15, 0.2) is 21.2 Å².